The van der Waals surface area contributed by atoms with Gasteiger partial charge in [0, 0.05) is 36.9 Å². The number of rotatable bonds is 4. The Morgan fingerprint density at radius 1 is 1.10 bits per heavy atom. The summed E-state index contributed by atoms with van der Waals surface area (Å²) in [6, 6.07) is 4.09. The van der Waals surface area contributed by atoms with E-state index in [-0.39, 0.29) is 0 Å². The van der Waals surface area contributed by atoms with Gasteiger partial charge in [-0.15, -0.1) is 0 Å². The van der Waals surface area contributed by atoms with Crippen LogP contribution in [0.3, 0.4) is 0 Å². The molecular formula is C15H17N5. The Hall–Kier alpha value is -2.43. The maximum absolute atomic E-state index is 4.47. The molecule has 0 amide bonds. The molecule has 0 unspecified atom stereocenters. The standard InChI is InChI=1S/C15H17N5/c1-12(2)15-17-6-8-19(15)10-13-3-4-14(18-9-13)20-7-5-16-11-20/h3-9,11-12H,10H2,1-2H3. The van der Waals surface area contributed by atoms with Crippen LogP contribution in [-0.4, -0.2) is 24.1 Å². The average molecular weight is 267 g/mol. The summed E-state index contributed by atoms with van der Waals surface area (Å²) in [7, 11) is 0. The Morgan fingerprint density at radius 3 is 2.65 bits per heavy atom. The van der Waals surface area contributed by atoms with Crippen molar-refractivity contribution in [3.63, 3.8) is 0 Å². The molecule has 0 aliphatic rings. The van der Waals surface area contributed by atoms with Gasteiger partial charge < -0.3 is 4.57 Å². The predicted octanol–water partition coefficient (Wildman–Crippen LogP) is 2.64. The Balaban J connectivity index is 1.80. The van der Waals surface area contributed by atoms with Crippen LogP contribution in [0.1, 0.15) is 31.2 Å². The van der Waals surface area contributed by atoms with Gasteiger partial charge in [-0.05, 0) is 11.6 Å². The third-order valence-corrected chi connectivity index (χ3v) is 3.20. The molecule has 0 atom stereocenters. The smallest absolute Gasteiger partial charge is 0.137 e. The highest BCUT2D eigenvalue weighted by Crippen LogP contribution is 2.14. The monoisotopic (exact) mass is 267 g/mol. The molecule has 0 N–H and O–H groups in total. The summed E-state index contributed by atoms with van der Waals surface area (Å²) >= 11 is 0. The van der Waals surface area contributed by atoms with Crippen molar-refractivity contribution >= 4 is 0 Å². The van der Waals surface area contributed by atoms with Crippen LogP contribution >= 0.6 is 0 Å². The molecule has 0 radical (unpaired) electrons. The fraction of sp³-hybridized carbons (Fsp3) is 0.267. The van der Waals surface area contributed by atoms with Gasteiger partial charge in [0.15, 0.2) is 0 Å². The number of nitrogens with zero attached hydrogens (tertiary/aromatic N) is 5. The molecule has 20 heavy (non-hydrogen) atoms. The van der Waals surface area contributed by atoms with Gasteiger partial charge in [-0.2, -0.15) is 0 Å². The first-order valence-electron chi connectivity index (χ1n) is 6.68. The molecule has 0 fully saturated rings. The van der Waals surface area contributed by atoms with Crippen molar-refractivity contribution in [3.05, 3.63) is 60.8 Å². The molecule has 3 aromatic rings. The first-order chi connectivity index (χ1) is 9.74. The maximum atomic E-state index is 4.47. The minimum absolute atomic E-state index is 0.420. The van der Waals surface area contributed by atoms with Crippen LogP contribution in [0.25, 0.3) is 5.82 Å². The van der Waals surface area contributed by atoms with E-state index < -0.39 is 0 Å². The third-order valence-electron chi connectivity index (χ3n) is 3.20. The summed E-state index contributed by atoms with van der Waals surface area (Å²) in [5.74, 6) is 2.40. The summed E-state index contributed by atoms with van der Waals surface area (Å²) in [6.07, 6.45) is 11.1. The van der Waals surface area contributed by atoms with Crippen LogP contribution in [0.15, 0.2) is 49.4 Å². The number of aromatic nitrogens is 5. The molecule has 0 bridgehead atoms. The third kappa shape index (κ3) is 2.47. The van der Waals surface area contributed by atoms with Crippen molar-refractivity contribution in [1.29, 1.82) is 0 Å². The van der Waals surface area contributed by atoms with Gasteiger partial charge in [-0.25, -0.2) is 15.0 Å². The van der Waals surface area contributed by atoms with E-state index in [1.54, 1.807) is 12.5 Å². The molecule has 0 aliphatic heterocycles. The zero-order chi connectivity index (χ0) is 13.9. The van der Waals surface area contributed by atoms with Gasteiger partial charge in [-0.1, -0.05) is 19.9 Å². The highest BCUT2D eigenvalue weighted by atomic mass is 15.1. The highest BCUT2D eigenvalue weighted by molar-refractivity contribution is 5.25. The summed E-state index contributed by atoms with van der Waals surface area (Å²) in [6.45, 7) is 5.10. The highest BCUT2D eigenvalue weighted by Gasteiger charge is 2.07. The number of hydrogen-bond acceptors (Lipinski definition) is 3. The van der Waals surface area contributed by atoms with Crippen LogP contribution in [0.5, 0.6) is 0 Å². The molecule has 5 nitrogen and oxygen atoms in total. The number of imidazole rings is 2. The topological polar surface area (TPSA) is 48.5 Å². The maximum Gasteiger partial charge on any atom is 0.137 e. The Kier molecular flexibility index (Phi) is 3.33. The fourth-order valence-corrected chi connectivity index (χ4v) is 2.21. The first-order valence-corrected chi connectivity index (χ1v) is 6.68. The molecular weight excluding hydrogens is 250 g/mol. The molecule has 0 spiro atoms. The molecule has 3 rings (SSSR count). The van der Waals surface area contributed by atoms with E-state index in [4.69, 9.17) is 0 Å². The van der Waals surface area contributed by atoms with Gasteiger partial charge in [0.1, 0.15) is 18.0 Å². The van der Waals surface area contributed by atoms with E-state index >= 15 is 0 Å². The molecule has 3 aromatic heterocycles. The lowest BCUT2D eigenvalue weighted by molar-refractivity contribution is 0.668. The van der Waals surface area contributed by atoms with Crippen LogP contribution in [0.2, 0.25) is 0 Å². The first kappa shape index (κ1) is 12.6. The number of pyridine rings is 1. The van der Waals surface area contributed by atoms with Crippen LogP contribution in [-0.2, 0) is 6.54 Å². The molecule has 5 heteroatoms. The zero-order valence-electron chi connectivity index (χ0n) is 11.6. The van der Waals surface area contributed by atoms with Gasteiger partial charge in [0.2, 0.25) is 0 Å². The fourth-order valence-electron chi connectivity index (χ4n) is 2.21. The number of hydrogen-bond donors (Lipinski definition) is 0. The summed E-state index contributed by atoms with van der Waals surface area (Å²) in [5, 5.41) is 0. The van der Waals surface area contributed by atoms with Crippen molar-refractivity contribution in [2.45, 2.75) is 26.3 Å². The van der Waals surface area contributed by atoms with Gasteiger partial charge >= 0.3 is 0 Å². The molecule has 0 saturated carbocycles. The van der Waals surface area contributed by atoms with Crippen LogP contribution < -0.4 is 0 Å². The van der Waals surface area contributed by atoms with Crippen LogP contribution in [0.4, 0.5) is 0 Å². The normalized spacial score (nSPS) is 11.2. The Labute approximate surface area is 118 Å². The van der Waals surface area contributed by atoms with Gasteiger partial charge in [-0.3, -0.25) is 4.57 Å². The lowest BCUT2D eigenvalue weighted by Gasteiger charge is -2.10. The summed E-state index contributed by atoms with van der Waals surface area (Å²) < 4.78 is 4.05. The quantitative estimate of drug-likeness (QED) is 0.730. The Bertz CT molecular complexity index is 665. The minimum atomic E-state index is 0.420. The van der Waals surface area contributed by atoms with Crippen LogP contribution in [0, 0.1) is 0 Å². The van der Waals surface area contributed by atoms with E-state index in [2.05, 4.69) is 39.4 Å². The second-order valence-electron chi connectivity index (χ2n) is 5.06. The second kappa shape index (κ2) is 5.28. The molecule has 0 aliphatic carbocycles. The largest absolute Gasteiger partial charge is 0.330 e. The minimum Gasteiger partial charge on any atom is -0.330 e. The molecule has 102 valence electrons. The van der Waals surface area contributed by atoms with Gasteiger partial charge in [0.25, 0.3) is 0 Å². The lowest BCUT2D eigenvalue weighted by atomic mass is 10.2. The van der Waals surface area contributed by atoms with Crippen molar-refractivity contribution in [2.75, 3.05) is 0 Å². The van der Waals surface area contributed by atoms with E-state index in [1.807, 2.05) is 35.4 Å². The average Bonchev–Trinajstić information content (AvgIpc) is 3.10. The molecule has 0 saturated heterocycles. The predicted molar refractivity (Wildman–Crippen MR) is 76.8 cm³/mol. The van der Waals surface area contributed by atoms with E-state index in [9.17, 15) is 0 Å². The van der Waals surface area contributed by atoms with E-state index in [0.29, 0.717) is 5.92 Å². The van der Waals surface area contributed by atoms with Crippen molar-refractivity contribution < 1.29 is 0 Å². The zero-order valence-corrected chi connectivity index (χ0v) is 11.6. The molecule has 3 heterocycles. The summed E-state index contributed by atoms with van der Waals surface area (Å²) in [5.41, 5.74) is 1.16. The summed E-state index contributed by atoms with van der Waals surface area (Å²) in [4.78, 5) is 12.9. The van der Waals surface area contributed by atoms with E-state index in [1.165, 1.54) is 0 Å². The molecule has 0 aromatic carbocycles. The van der Waals surface area contributed by atoms with E-state index in [0.717, 1.165) is 23.8 Å². The SMILES string of the molecule is CC(C)c1nccn1Cc1ccc(-n2ccnc2)nc1. The van der Waals surface area contributed by atoms with Gasteiger partial charge in [0.05, 0.1) is 6.54 Å². The Morgan fingerprint density at radius 2 is 2.00 bits per heavy atom. The lowest BCUT2D eigenvalue weighted by Crippen LogP contribution is -2.06. The van der Waals surface area contributed by atoms with Crippen molar-refractivity contribution in [3.8, 4) is 5.82 Å². The van der Waals surface area contributed by atoms with Crippen molar-refractivity contribution in [2.24, 2.45) is 0 Å². The second-order valence-corrected chi connectivity index (χ2v) is 5.06. The van der Waals surface area contributed by atoms with Crippen molar-refractivity contribution in [1.82, 2.24) is 24.1 Å².